The SMILES string of the molecule is C=CCCCN1/C(=C2\C(=O)c3ccccc3N2CCC=C)C(=O)c2ccccc21. The molecule has 2 aromatic rings. The molecule has 0 radical (unpaired) electrons. The van der Waals surface area contributed by atoms with E-state index < -0.39 is 0 Å². The van der Waals surface area contributed by atoms with E-state index in [1.54, 1.807) is 0 Å². The first-order valence-electron chi connectivity index (χ1n) is 9.97. The highest BCUT2D eigenvalue weighted by atomic mass is 16.1. The molecule has 0 saturated carbocycles. The number of rotatable bonds is 7. The Morgan fingerprint density at radius 2 is 1.17 bits per heavy atom. The molecule has 0 fully saturated rings. The van der Waals surface area contributed by atoms with E-state index in [0.717, 1.165) is 30.6 Å². The first kappa shape index (κ1) is 18.9. The molecule has 0 aromatic heterocycles. The lowest BCUT2D eigenvalue weighted by molar-refractivity contribution is 0.100. The topological polar surface area (TPSA) is 40.6 Å². The molecule has 0 spiro atoms. The second-order valence-corrected chi connectivity index (χ2v) is 7.20. The normalized spacial score (nSPS) is 17.5. The Morgan fingerprint density at radius 1 is 0.690 bits per heavy atom. The van der Waals surface area contributed by atoms with Crippen molar-refractivity contribution in [3.05, 3.63) is 96.4 Å². The van der Waals surface area contributed by atoms with Crippen LogP contribution in [0.4, 0.5) is 11.4 Å². The molecule has 0 atom stereocenters. The number of carbonyl (C=O) groups is 2. The molecule has 2 aliphatic heterocycles. The second-order valence-electron chi connectivity index (χ2n) is 7.20. The largest absolute Gasteiger partial charge is 0.336 e. The third-order valence-electron chi connectivity index (χ3n) is 5.42. The Labute approximate surface area is 171 Å². The highest BCUT2D eigenvalue weighted by Crippen LogP contribution is 2.42. The summed E-state index contributed by atoms with van der Waals surface area (Å²) >= 11 is 0. The lowest BCUT2D eigenvalue weighted by Gasteiger charge is -2.26. The van der Waals surface area contributed by atoms with Gasteiger partial charge < -0.3 is 9.80 Å². The Balaban J connectivity index is 1.88. The molecule has 0 amide bonds. The van der Waals surface area contributed by atoms with Crippen molar-refractivity contribution in [1.82, 2.24) is 0 Å². The number of ketones is 2. The van der Waals surface area contributed by atoms with E-state index in [9.17, 15) is 9.59 Å². The number of benzene rings is 2. The van der Waals surface area contributed by atoms with Crippen LogP contribution < -0.4 is 9.80 Å². The number of carbonyl (C=O) groups excluding carboxylic acids is 2. The number of allylic oxidation sites excluding steroid dienone is 3. The van der Waals surface area contributed by atoms with Crippen LogP contribution >= 0.6 is 0 Å². The van der Waals surface area contributed by atoms with Gasteiger partial charge in [-0.3, -0.25) is 9.59 Å². The average molecular weight is 384 g/mol. The molecule has 0 aliphatic carbocycles. The van der Waals surface area contributed by atoms with Crippen LogP contribution in [0.25, 0.3) is 0 Å². The van der Waals surface area contributed by atoms with Crippen LogP contribution in [0, 0.1) is 0 Å². The lowest BCUT2D eigenvalue weighted by atomic mass is 10.1. The number of Topliss-reactive ketones (excluding diaryl/α,β-unsaturated/α-hetero) is 2. The number of hydrogen-bond donors (Lipinski definition) is 0. The maximum absolute atomic E-state index is 13.4. The number of anilines is 2. The van der Waals surface area contributed by atoms with Crippen molar-refractivity contribution in [3.8, 4) is 0 Å². The van der Waals surface area contributed by atoms with E-state index in [0.29, 0.717) is 35.6 Å². The van der Waals surface area contributed by atoms with Crippen LogP contribution in [-0.2, 0) is 0 Å². The summed E-state index contributed by atoms with van der Waals surface area (Å²) in [6.07, 6.45) is 6.14. The zero-order valence-corrected chi connectivity index (χ0v) is 16.4. The van der Waals surface area contributed by atoms with Crippen molar-refractivity contribution in [3.63, 3.8) is 0 Å². The van der Waals surface area contributed by atoms with Crippen LogP contribution in [0.2, 0.25) is 0 Å². The summed E-state index contributed by atoms with van der Waals surface area (Å²) in [4.78, 5) is 30.8. The number of hydrogen-bond acceptors (Lipinski definition) is 4. The third kappa shape index (κ3) is 3.11. The Morgan fingerprint density at radius 3 is 1.69 bits per heavy atom. The quantitative estimate of drug-likeness (QED) is 0.376. The minimum atomic E-state index is -0.0884. The monoisotopic (exact) mass is 384 g/mol. The van der Waals surface area contributed by atoms with Crippen molar-refractivity contribution in [1.29, 1.82) is 0 Å². The molecule has 2 aliphatic rings. The van der Waals surface area contributed by atoms with Crippen LogP contribution in [0.5, 0.6) is 0 Å². The van der Waals surface area contributed by atoms with E-state index in [1.165, 1.54) is 0 Å². The number of fused-ring (bicyclic) bond motifs is 2. The molecule has 0 unspecified atom stereocenters. The van der Waals surface area contributed by atoms with Gasteiger partial charge in [0.05, 0.1) is 11.4 Å². The first-order valence-corrected chi connectivity index (χ1v) is 9.97. The van der Waals surface area contributed by atoms with Gasteiger partial charge in [0.1, 0.15) is 11.4 Å². The number of unbranched alkanes of at least 4 members (excludes halogenated alkanes) is 1. The van der Waals surface area contributed by atoms with Gasteiger partial charge in [-0.1, -0.05) is 36.4 Å². The van der Waals surface area contributed by atoms with Crippen molar-refractivity contribution in [2.45, 2.75) is 19.3 Å². The van der Waals surface area contributed by atoms with Gasteiger partial charge in [-0.05, 0) is 43.5 Å². The van der Waals surface area contributed by atoms with Crippen molar-refractivity contribution < 1.29 is 9.59 Å². The van der Waals surface area contributed by atoms with Gasteiger partial charge >= 0.3 is 0 Å². The van der Waals surface area contributed by atoms with Crippen LogP contribution in [-0.4, -0.2) is 24.7 Å². The predicted molar refractivity (Wildman–Crippen MR) is 118 cm³/mol. The Bertz CT molecular complexity index is 1030. The molecule has 4 nitrogen and oxygen atoms in total. The fraction of sp³-hybridized carbons (Fsp3) is 0.200. The van der Waals surface area contributed by atoms with E-state index in [1.807, 2.05) is 70.5 Å². The fourth-order valence-electron chi connectivity index (χ4n) is 4.09. The van der Waals surface area contributed by atoms with Crippen molar-refractivity contribution >= 4 is 22.9 Å². The molecule has 4 heteroatoms. The van der Waals surface area contributed by atoms with Crippen LogP contribution in [0.15, 0.2) is 85.2 Å². The molecule has 29 heavy (non-hydrogen) atoms. The summed E-state index contributed by atoms with van der Waals surface area (Å²) in [5.41, 5.74) is 4.00. The summed E-state index contributed by atoms with van der Waals surface area (Å²) in [5, 5.41) is 0. The first-order chi connectivity index (χ1) is 14.2. The summed E-state index contributed by atoms with van der Waals surface area (Å²) in [6, 6.07) is 15.2. The van der Waals surface area contributed by atoms with Crippen LogP contribution in [0.3, 0.4) is 0 Å². The van der Waals surface area contributed by atoms with Gasteiger partial charge in [0, 0.05) is 24.2 Å². The highest BCUT2D eigenvalue weighted by Gasteiger charge is 2.42. The minimum Gasteiger partial charge on any atom is -0.336 e. The van der Waals surface area contributed by atoms with Gasteiger partial charge in [-0.15, -0.1) is 13.2 Å². The summed E-state index contributed by atoms with van der Waals surface area (Å²) in [5.74, 6) is -0.173. The summed E-state index contributed by atoms with van der Waals surface area (Å²) in [6.45, 7) is 8.88. The summed E-state index contributed by atoms with van der Waals surface area (Å²) < 4.78 is 0. The molecule has 0 saturated heterocycles. The second kappa shape index (κ2) is 7.92. The Hall–Kier alpha value is -3.40. The highest BCUT2D eigenvalue weighted by molar-refractivity contribution is 6.28. The summed E-state index contributed by atoms with van der Waals surface area (Å²) in [7, 11) is 0. The molecular weight excluding hydrogens is 360 g/mol. The maximum Gasteiger partial charge on any atom is 0.213 e. The van der Waals surface area contributed by atoms with E-state index in [-0.39, 0.29) is 11.6 Å². The fourth-order valence-corrected chi connectivity index (χ4v) is 4.09. The molecule has 2 aromatic carbocycles. The van der Waals surface area contributed by atoms with E-state index in [2.05, 4.69) is 13.2 Å². The molecule has 4 rings (SSSR count). The molecule has 0 N–H and O–H groups in total. The Kier molecular flexibility index (Phi) is 5.17. The van der Waals surface area contributed by atoms with Gasteiger partial charge in [0.2, 0.25) is 11.6 Å². The van der Waals surface area contributed by atoms with Gasteiger partial charge in [0.15, 0.2) is 0 Å². The standard InChI is InChI=1S/C25H24N2O2/c1-3-5-11-17-27-21-15-10-8-13-19(21)25(29)23(27)22-24(28)18-12-7-9-14-20(18)26(22)16-6-4-2/h3-4,7-10,12-15H,1-2,5-6,11,16-17H2/b23-22+. The van der Waals surface area contributed by atoms with E-state index >= 15 is 0 Å². The van der Waals surface area contributed by atoms with Crippen molar-refractivity contribution in [2.75, 3.05) is 22.9 Å². The van der Waals surface area contributed by atoms with Crippen LogP contribution in [0.1, 0.15) is 40.0 Å². The maximum atomic E-state index is 13.4. The van der Waals surface area contributed by atoms with Gasteiger partial charge in [-0.2, -0.15) is 0 Å². The number of nitrogens with zero attached hydrogens (tertiary/aromatic N) is 2. The number of para-hydroxylation sites is 2. The molecular formula is C25H24N2O2. The molecule has 2 heterocycles. The van der Waals surface area contributed by atoms with Gasteiger partial charge in [-0.25, -0.2) is 0 Å². The third-order valence-corrected chi connectivity index (χ3v) is 5.42. The lowest BCUT2D eigenvalue weighted by Crippen LogP contribution is -2.31. The predicted octanol–water partition coefficient (Wildman–Crippen LogP) is 5.15. The van der Waals surface area contributed by atoms with Crippen molar-refractivity contribution in [2.24, 2.45) is 0 Å². The van der Waals surface area contributed by atoms with Gasteiger partial charge in [0.25, 0.3) is 0 Å². The average Bonchev–Trinajstić information content (AvgIpc) is 3.18. The molecule has 146 valence electrons. The zero-order valence-electron chi connectivity index (χ0n) is 16.4. The smallest absolute Gasteiger partial charge is 0.213 e. The molecule has 0 bridgehead atoms. The zero-order chi connectivity index (χ0) is 20.4. The minimum absolute atomic E-state index is 0.0843. The van der Waals surface area contributed by atoms with E-state index in [4.69, 9.17) is 0 Å².